The van der Waals surface area contributed by atoms with Crippen LogP contribution in [0.4, 0.5) is 0 Å². The molecule has 0 spiro atoms. The van der Waals surface area contributed by atoms with Gasteiger partial charge in [-0.3, -0.25) is 0 Å². The van der Waals surface area contributed by atoms with Gasteiger partial charge in [0, 0.05) is 14.2 Å². The van der Waals surface area contributed by atoms with E-state index in [-0.39, 0.29) is 0 Å². The molecular formula is C11H15BrOS. The van der Waals surface area contributed by atoms with E-state index in [1.807, 2.05) is 0 Å². The van der Waals surface area contributed by atoms with Crippen molar-refractivity contribution in [3.63, 3.8) is 0 Å². The van der Waals surface area contributed by atoms with E-state index in [0.717, 1.165) is 35.0 Å². The van der Waals surface area contributed by atoms with Crippen molar-refractivity contribution in [2.75, 3.05) is 0 Å². The Morgan fingerprint density at radius 3 is 2.50 bits per heavy atom. The normalized spacial score (nSPS) is 21.1. The summed E-state index contributed by atoms with van der Waals surface area (Å²) in [5, 5.41) is 10.5. The molecule has 0 aliphatic heterocycles. The molecule has 1 aromatic rings. The number of aliphatic hydroxyl groups is 1. The van der Waals surface area contributed by atoms with E-state index in [9.17, 15) is 5.11 Å². The molecule has 0 saturated heterocycles. The molecule has 14 heavy (non-hydrogen) atoms. The van der Waals surface area contributed by atoms with E-state index < -0.39 is 5.60 Å². The molecule has 0 atom stereocenters. The molecule has 0 amide bonds. The first kappa shape index (κ1) is 10.7. The Hall–Kier alpha value is 0.140. The van der Waals surface area contributed by atoms with Crippen molar-refractivity contribution in [1.82, 2.24) is 0 Å². The zero-order valence-corrected chi connectivity index (χ0v) is 10.7. The SMILES string of the molecule is Cc1sc(C2(O)CCCCC2)cc1Br. The van der Waals surface area contributed by atoms with E-state index in [1.54, 1.807) is 11.3 Å². The van der Waals surface area contributed by atoms with Crippen molar-refractivity contribution in [3.8, 4) is 0 Å². The fourth-order valence-corrected chi connectivity index (χ4v) is 3.75. The average Bonchev–Trinajstić information content (AvgIpc) is 2.49. The second kappa shape index (κ2) is 3.95. The van der Waals surface area contributed by atoms with Crippen LogP contribution in [0.5, 0.6) is 0 Å². The molecule has 1 aliphatic rings. The zero-order chi connectivity index (χ0) is 10.2. The molecule has 1 nitrogen and oxygen atoms in total. The molecular weight excluding hydrogens is 260 g/mol. The molecule has 2 rings (SSSR count). The van der Waals surface area contributed by atoms with Crippen LogP contribution in [-0.2, 0) is 5.60 Å². The lowest BCUT2D eigenvalue weighted by atomic mass is 9.84. The molecule has 0 radical (unpaired) electrons. The van der Waals surface area contributed by atoms with Crippen molar-refractivity contribution in [2.45, 2.75) is 44.6 Å². The summed E-state index contributed by atoms with van der Waals surface area (Å²) in [6.45, 7) is 2.09. The Labute approximate surface area is 97.3 Å². The van der Waals surface area contributed by atoms with E-state index in [4.69, 9.17) is 0 Å². The molecule has 1 fully saturated rings. The highest BCUT2D eigenvalue weighted by molar-refractivity contribution is 9.10. The summed E-state index contributed by atoms with van der Waals surface area (Å²) in [7, 11) is 0. The number of halogens is 1. The zero-order valence-electron chi connectivity index (χ0n) is 8.35. The first-order valence-electron chi connectivity index (χ1n) is 5.11. The molecule has 1 aliphatic carbocycles. The number of hydrogen-bond acceptors (Lipinski definition) is 2. The van der Waals surface area contributed by atoms with E-state index in [1.165, 1.54) is 11.3 Å². The van der Waals surface area contributed by atoms with Crippen LogP contribution in [0.15, 0.2) is 10.5 Å². The Kier molecular flexibility index (Phi) is 3.01. The van der Waals surface area contributed by atoms with Gasteiger partial charge < -0.3 is 5.11 Å². The van der Waals surface area contributed by atoms with Gasteiger partial charge in [-0.2, -0.15) is 0 Å². The summed E-state index contributed by atoms with van der Waals surface area (Å²) < 4.78 is 1.14. The smallest absolute Gasteiger partial charge is 0.0988 e. The Morgan fingerprint density at radius 1 is 1.36 bits per heavy atom. The van der Waals surface area contributed by atoms with Gasteiger partial charge in [-0.15, -0.1) is 11.3 Å². The second-order valence-electron chi connectivity index (χ2n) is 4.11. The Morgan fingerprint density at radius 2 is 2.00 bits per heavy atom. The van der Waals surface area contributed by atoms with Gasteiger partial charge in [0.2, 0.25) is 0 Å². The molecule has 1 N–H and O–H groups in total. The molecule has 0 aromatic carbocycles. The molecule has 3 heteroatoms. The van der Waals surface area contributed by atoms with Crippen molar-refractivity contribution >= 4 is 27.3 Å². The van der Waals surface area contributed by atoms with Crippen LogP contribution >= 0.6 is 27.3 Å². The van der Waals surface area contributed by atoms with Gasteiger partial charge in [0.15, 0.2) is 0 Å². The molecule has 0 bridgehead atoms. The van der Waals surface area contributed by atoms with Crippen LogP contribution < -0.4 is 0 Å². The van der Waals surface area contributed by atoms with Gasteiger partial charge in [-0.1, -0.05) is 19.3 Å². The maximum absolute atomic E-state index is 10.5. The van der Waals surface area contributed by atoms with E-state index in [0.29, 0.717) is 0 Å². The molecule has 1 heterocycles. The van der Waals surface area contributed by atoms with Gasteiger partial charge in [-0.05, 0) is 41.8 Å². The van der Waals surface area contributed by atoms with Crippen molar-refractivity contribution in [3.05, 3.63) is 20.3 Å². The minimum Gasteiger partial charge on any atom is -0.384 e. The maximum atomic E-state index is 10.5. The van der Waals surface area contributed by atoms with Crippen molar-refractivity contribution < 1.29 is 5.11 Å². The van der Waals surface area contributed by atoms with Gasteiger partial charge in [-0.25, -0.2) is 0 Å². The highest BCUT2D eigenvalue weighted by Gasteiger charge is 2.32. The lowest BCUT2D eigenvalue weighted by molar-refractivity contribution is 0.00280. The fraction of sp³-hybridized carbons (Fsp3) is 0.636. The molecule has 78 valence electrons. The number of hydrogen-bond donors (Lipinski definition) is 1. The lowest BCUT2D eigenvalue weighted by Crippen LogP contribution is -2.27. The average molecular weight is 275 g/mol. The molecule has 1 saturated carbocycles. The largest absolute Gasteiger partial charge is 0.384 e. The van der Waals surface area contributed by atoms with Crippen LogP contribution in [0.2, 0.25) is 0 Å². The quantitative estimate of drug-likeness (QED) is 0.822. The van der Waals surface area contributed by atoms with Gasteiger partial charge in [0.25, 0.3) is 0 Å². The predicted octanol–water partition coefficient (Wildman–Crippen LogP) is 3.97. The van der Waals surface area contributed by atoms with E-state index in [2.05, 4.69) is 28.9 Å². The first-order chi connectivity index (χ1) is 6.62. The van der Waals surface area contributed by atoms with Crippen molar-refractivity contribution in [1.29, 1.82) is 0 Å². The third kappa shape index (κ3) is 1.90. The summed E-state index contributed by atoms with van der Waals surface area (Å²) >= 11 is 5.23. The summed E-state index contributed by atoms with van der Waals surface area (Å²) in [6.07, 6.45) is 5.45. The maximum Gasteiger partial charge on any atom is 0.0988 e. The standard InChI is InChI=1S/C11H15BrOS/c1-8-9(12)7-10(14-8)11(13)5-3-2-4-6-11/h7,13H,2-6H2,1H3. The van der Waals surface area contributed by atoms with Crippen LogP contribution in [-0.4, -0.2) is 5.11 Å². The molecule has 0 unspecified atom stereocenters. The topological polar surface area (TPSA) is 20.2 Å². The summed E-state index contributed by atoms with van der Waals surface area (Å²) in [4.78, 5) is 2.40. The van der Waals surface area contributed by atoms with Crippen molar-refractivity contribution in [2.24, 2.45) is 0 Å². The van der Waals surface area contributed by atoms with Gasteiger partial charge >= 0.3 is 0 Å². The summed E-state index contributed by atoms with van der Waals surface area (Å²) in [6, 6.07) is 2.09. The summed E-state index contributed by atoms with van der Waals surface area (Å²) in [5.74, 6) is 0. The third-order valence-corrected chi connectivity index (χ3v) is 5.33. The van der Waals surface area contributed by atoms with Crippen LogP contribution in [0.1, 0.15) is 41.9 Å². The second-order valence-corrected chi connectivity index (χ2v) is 6.22. The Balaban J connectivity index is 2.28. The minimum absolute atomic E-state index is 0.528. The Bertz CT molecular complexity index is 307. The highest BCUT2D eigenvalue weighted by atomic mass is 79.9. The number of aryl methyl sites for hydroxylation is 1. The highest BCUT2D eigenvalue weighted by Crippen LogP contribution is 2.42. The predicted molar refractivity (Wildman–Crippen MR) is 63.7 cm³/mol. The lowest BCUT2D eigenvalue weighted by Gasteiger charge is -2.30. The first-order valence-corrected chi connectivity index (χ1v) is 6.71. The van der Waals surface area contributed by atoms with Gasteiger partial charge in [0.05, 0.1) is 5.60 Å². The number of rotatable bonds is 1. The minimum atomic E-state index is -0.528. The monoisotopic (exact) mass is 274 g/mol. The fourth-order valence-electron chi connectivity index (χ4n) is 2.07. The van der Waals surface area contributed by atoms with E-state index >= 15 is 0 Å². The van der Waals surface area contributed by atoms with Crippen LogP contribution in [0.25, 0.3) is 0 Å². The third-order valence-electron chi connectivity index (χ3n) is 3.00. The van der Waals surface area contributed by atoms with Gasteiger partial charge in [0.1, 0.15) is 0 Å². The molecule has 1 aromatic heterocycles. The van der Waals surface area contributed by atoms with Crippen LogP contribution in [0.3, 0.4) is 0 Å². The number of thiophene rings is 1. The summed E-state index contributed by atoms with van der Waals surface area (Å²) in [5.41, 5.74) is -0.528. The van der Waals surface area contributed by atoms with Crippen LogP contribution in [0, 0.1) is 6.92 Å².